The number of ether oxygens (including phenoxy) is 1. The van der Waals surface area contributed by atoms with Crippen LogP contribution in [-0.4, -0.2) is 59.5 Å². The van der Waals surface area contributed by atoms with E-state index in [2.05, 4.69) is 10.1 Å². The maximum absolute atomic E-state index is 11.9. The number of nitrogens with one attached hydrogen (secondary N) is 1. The maximum Gasteiger partial charge on any atom is 0.325 e. The number of hydrogen-bond acceptors (Lipinski definition) is 6. The number of nitrogens with two attached hydrogens (primary N) is 1. The van der Waals surface area contributed by atoms with E-state index in [-0.39, 0.29) is 11.9 Å². The van der Waals surface area contributed by atoms with Gasteiger partial charge in [0.25, 0.3) is 5.91 Å². The van der Waals surface area contributed by atoms with Crippen molar-refractivity contribution in [3.05, 3.63) is 0 Å². The fraction of sp³-hybridized carbons (Fsp3) is 0.727. The lowest BCUT2D eigenvalue weighted by atomic mass is 10.1. The quantitative estimate of drug-likeness (QED) is 0.390. The molecule has 0 aromatic heterocycles. The van der Waals surface area contributed by atoms with Gasteiger partial charge in [0.2, 0.25) is 0 Å². The van der Waals surface area contributed by atoms with Crippen LogP contribution >= 0.6 is 11.8 Å². The Balaban J connectivity index is 2.33. The van der Waals surface area contributed by atoms with Crippen LogP contribution < -0.4 is 11.1 Å². The predicted octanol–water partition coefficient (Wildman–Crippen LogP) is -0.450. The predicted molar refractivity (Wildman–Crippen MR) is 71.6 cm³/mol. The molecule has 19 heavy (non-hydrogen) atoms. The number of methoxy groups -OCH3 is 1. The minimum Gasteiger partial charge on any atom is -0.468 e. The summed E-state index contributed by atoms with van der Waals surface area (Å²) in [6, 6.07) is -1.07. The summed E-state index contributed by atoms with van der Waals surface area (Å²) in [6.45, 7) is 3.62. The molecule has 1 heterocycles. The number of nitrogens with zero attached hydrogens (tertiary/aromatic N) is 1. The number of amides is 3. The van der Waals surface area contributed by atoms with E-state index in [1.165, 1.54) is 23.8 Å². The smallest absolute Gasteiger partial charge is 0.325 e. The fourth-order valence-electron chi connectivity index (χ4n) is 1.61. The lowest BCUT2D eigenvalue weighted by molar-refractivity contribution is -0.141. The van der Waals surface area contributed by atoms with Crippen molar-refractivity contribution >= 4 is 29.7 Å². The molecule has 7 nitrogen and oxygen atoms in total. The number of imide groups is 1. The van der Waals surface area contributed by atoms with E-state index < -0.39 is 17.6 Å². The van der Waals surface area contributed by atoms with Crippen molar-refractivity contribution in [2.45, 2.75) is 25.4 Å². The third kappa shape index (κ3) is 3.84. The molecule has 0 bridgehead atoms. The van der Waals surface area contributed by atoms with Gasteiger partial charge in [-0.15, -0.1) is 0 Å². The van der Waals surface area contributed by atoms with Gasteiger partial charge in [0, 0.05) is 18.1 Å². The third-order valence-electron chi connectivity index (χ3n) is 2.70. The molecule has 0 radical (unpaired) electrons. The van der Waals surface area contributed by atoms with E-state index in [1.54, 1.807) is 13.8 Å². The van der Waals surface area contributed by atoms with Crippen molar-refractivity contribution < 1.29 is 19.1 Å². The fourth-order valence-corrected chi connectivity index (χ4v) is 2.47. The largest absolute Gasteiger partial charge is 0.468 e. The van der Waals surface area contributed by atoms with Crippen LogP contribution in [0.25, 0.3) is 0 Å². The van der Waals surface area contributed by atoms with Crippen LogP contribution in [0.5, 0.6) is 0 Å². The van der Waals surface area contributed by atoms with Gasteiger partial charge in [-0.2, -0.15) is 11.8 Å². The Morgan fingerprint density at radius 3 is 2.63 bits per heavy atom. The number of carbonyl (C=O) groups excluding carboxylic acids is 3. The highest BCUT2D eigenvalue weighted by Crippen LogP contribution is 2.17. The van der Waals surface area contributed by atoms with Crippen molar-refractivity contribution in [2.24, 2.45) is 5.73 Å². The maximum atomic E-state index is 11.9. The van der Waals surface area contributed by atoms with E-state index in [9.17, 15) is 14.4 Å². The highest BCUT2D eigenvalue weighted by molar-refractivity contribution is 7.99. The first-order valence-electron chi connectivity index (χ1n) is 5.85. The molecule has 0 aromatic carbocycles. The topological polar surface area (TPSA) is 102 Å². The summed E-state index contributed by atoms with van der Waals surface area (Å²) in [7, 11) is 1.28. The minimum absolute atomic E-state index is 0.240. The van der Waals surface area contributed by atoms with E-state index in [0.29, 0.717) is 18.1 Å². The molecule has 1 atom stereocenters. The summed E-state index contributed by atoms with van der Waals surface area (Å²) in [4.78, 5) is 35.7. The molecule has 0 aromatic rings. The van der Waals surface area contributed by atoms with Gasteiger partial charge in [0.15, 0.2) is 0 Å². The van der Waals surface area contributed by atoms with Gasteiger partial charge in [-0.05, 0) is 13.8 Å². The molecule has 0 spiro atoms. The Labute approximate surface area is 116 Å². The normalized spacial score (nSPS) is 19.3. The Morgan fingerprint density at radius 1 is 1.53 bits per heavy atom. The second-order valence-corrected chi connectivity index (χ2v) is 5.87. The number of rotatable bonds is 6. The lowest BCUT2D eigenvalue weighted by Crippen LogP contribution is -2.40. The van der Waals surface area contributed by atoms with Gasteiger partial charge in [-0.3, -0.25) is 14.5 Å². The van der Waals surface area contributed by atoms with E-state index in [0.717, 1.165) is 0 Å². The molecule has 3 N–H and O–H groups in total. The van der Waals surface area contributed by atoms with Gasteiger partial charge < -0.3 is 15.8 Å². The summed E-state index contributed by atoms with van der Waals surface area (Å²) < 4.78 is 4.50. The van der Waals surface area contributed by atoms with Crippen molar-refractivity contribution in [1.29, 1.82) is 0 Å². The Bertz CT molecular complexity index is 386. The summed E-state index contributed by atoms with van der Waals surface area (Å²) in [6.07, 6.45) is 0. The first-order valence-corrected chi connectivity index (χ1v) is 7.00. The molecule has 1 aliphatic heterocycles. The number of hydrogen-bond donors (Lipinski definition) is 2. The first-order chi connectivity index (χ1) is 8.79. The second-order valence-electron chi connectivity index (χ2n) is 4.72. The summed E-state index contributed by atoms with van der Waals surface area (Å²) in [5.41, 5.74) is 4.72. The molecular weight excluding hydrogens is 270 g/mol. The molecule has 108 valence electrons. The number of carbonyl (C=O) groups is 3. The average Bonchev–Trinajstić information content (AvgIpc) is 2.54. The number of thioether (sulfide) groups is 1. The molecule has 0 aliphatic carbocycles. The molecule has 1 aliphatic rings. The molecular formula is C11H19N3O4S. The van der Waals surface area contributed by atoms with Crippen LogP contribution in [0, 0.1) is 0 Å². The van der Waals surface area contributed by atoms with Crippen LogP contribution in [-0.2, 0) is 14.3 Å². The van der Waals surface area contributed by atoms with Crippen molar-refractivity contribution in [1.82, 2.24) is 10.2 Å². The molecule has 8 heteroatoms. The molecule has 3 amide bonds. The first kappa shape index (κ1) is 15.8. The summed E-state index contributed by atoms with van der Waals surface area (Å²) in [5.74, 6) is 0.207. The van der Waals surface area contributed by atoms with Gasteiger partial charge >= 0.3 is 12.0 Å². The molecule has 0 saturated carbocycles. The Kier molecular flexibility index (Phi) is 5.19. The molecule has 1 saturated heterocycles. The van der Waals surface area contributed by atoms with Gasteiger partial charge in [0.1, 0.15) is 11.6 Å². The van der Waals surface area contributed by atoms with Crippen molar-refractivity contribution in [3.8, 4) is 0 Å². The zero-order chi connectivity index (χ0) is 14.6. The van der Waals surface area contributed by atoms with Crippen molar-refractivity contribution in [2.75, 3.05) is 25.2 Å². The van der Waals surface area contributed by atoms with Gasteiger partial charge in [0.05, 0.1) is 7.11 Å². The Morgan fingerprint density at radius 2 is 2.16 bits per heavy atom. The number of esters is 1. The third-order valence-corrected chi connectivity index (χ3v) is 3.77. The minimum atomic E-state index is -0.843. The van der Waals surface area contributed by atoms with E-state index in [1.807, 2.05) is 0 Å². The summed E-state index contributed by atoms with van der Waals surface area (Å²) in [5, 5.41) is 2.60. The molecule has 1 unspecified atom stereocenters. The highest BCUT2D eigenvalue weighted by Gasteiger charge is 2.43. The average molecular weight is 289 g/mol. The van der Waals surface area contributed by atoms with E-state index in [4.69, 9.17) is 5.73 Å². The van der Waals surface area contributed by atoms with Crippen LogP contribution in [0.15, 0.2) is 0 Å². The zero-order valence-electron chi connectivity index (χ0n) is 11.3. The number of urea groups is 1. The monoisotopic (exact) mass is 289 g/mol. The molecule has 1 fully saturated rings. The lowest BCUT2D eigenvalue weighted by Gasteiger charge is -2.16. The highest BCUT2D eigenvalue weighted by atomic mass is 32.2. The van der Waals surface area contributed by atoms with Crippen LogP contribution in [0.3, 0.4) is 0 Å². The summed E-state index contributed by atoms with van der Waals surface area (Å²) >= 11 is 1.40. The standard InChI is InChI=1S/C11H19N3O4S/c1-11(2)9(16)14(10(17)13-11)4-5-19-6-7(12)8(15)18-3/h7H,4-6,12H2,1-3H3,(H,13,17). The van der Waals surface area contributed by atoms with Crippen molar-refractivity contribution in [3.63, 3.8) is 0 Å². The Hall–Kier alpha value is -1.28. The van der Waals surface area contributed by atoms with Crippen LogP contribution in [0.1, 0.15) is 13.8 Å². The van der Waals surface area contributed by atoms with Gasteiger partial charge in [-0.25, -0.2) is 4.79 Å². The zero-order valence-corrected chi connectivity index (χ0v) is 12.1. The second kappa shape index (κ2) is 6.25. The van der Waals surface area contributed by atoms with E-state index >= 15 is 0 Å². The van der Waals surface area contributed by atoms with Gasteiger partial charge in [-0.1, -0.05) is 0 Å². The molecule has 1 rings (SSSR count). The SMILES string of the molecule is COC(=O)C(N)CSCCN1C(=O)NC(C)(C)C1=O. The van der Waals surface area contributed by atoms with Crippen LogP contribution in [0.2, 0.25) is 0 Å². The van der Waals surface area contributed by atoms with Crippen LogP contribution in [0.4, 0.5) is 4.79 Å².